The van der Waals surface area contributed by atoms with Crippen LogP contribution in [-0.2, 0) is 4.74 Å². The van der Waals surface area contributed by atoms with Gasteiger partial charge in [-0.05, 0) is 50.2 Å². The van der Waals surface area contributed by atoms with E-state index in [0.29, 0.717) is 22.6 Å². The zero-order chi connectivity index (χ0) is 24.2. The highest BCUT2D eigenvalue weighted by Crippen LogP contribution is 2.23. The minimum Gasteiger partial charge on any atom is -0.447 e. The fourth-order valence-electron chi connectivity index (χ4n) is 3.35. The summed E-state index contributed by atoms with van der Waals surface area (Å²) in [5.41, 5.74) is 4.22. The monoisotopic (exact) mass is 454 g/mol. The van der Waals surface area contributed by atoms with Gasteiger partial charge in [0.2, 0.25) is 0 Å². The van der Waals surface area contributed by atoms with E-state index >= 15 is 0 Å². The first kappa shape index (κ1) is 22.5. The minimum absolute atomic E-state index is 0.209. The molecular weight excluding hydrogens is 432 g/mol. The van der Waals surface area contributed by atoms with Crippen LogP contribution in [0.25, 0.3) is 16.9 Å². The van der Waals surface area contributed by atoms with Crippen molar-refractivity contribution in [1.82, 2.24) is 14.4 Å². The van der Waals surface area contributed by atoms with Crippen molar-refractivity contribution in [2.75, 3.05) is 17.3 Å². The third kappa shape index (κ3) is 4.71. The van der Waals surface area contributed by atoms with E-state index < -0.39 is 6.09 Å². The standard InChI is InChI=1S/C25H22N6O3/c1-16(2)34-25(33)29-19-8-6-18(7-9-19)22-13-28-23-14-27-21(15-31(22)23)24(32)30(3)20-10-4-17(12-26)5-11-20/h4-11,13-16H,1-3H3,(H,29,33). The Labute approximate surface area is 196 Å². The highest BCUT2D eigenvalue weighted by molar-refractivity contribution is 6.04. The van der Waals surface area contributed by atoms with Crippen LogP contribution in [0.4, 0.5) is 16.2 Å². The fourth-order valence-corrected chi connectivity index (χ4v) is 3.35. The molecule has 0 aliphatic rings. The van der Waals surface area contributed by atoms with Crippen LogP contribution in [0.5, 0.6) is 0 Å². The van der Waals surface area contributed by atoms with Gasteiger partial charge < -0.3 is 9.64 Å². The van der Waals surface area contributed by atoms with Crippen LogP contribution < -0.4 is 10.2 Å². The van der Waals surface area contributed by atoms with Gasteiger partial charge in [0.15, 0.2) is 5.65 Å². The quantitative estimate of drug-likeness (QED) is 0.475. The summed E-state index contributed by atoms with van der Waals surface area (Å²) in [6.45, 7) is 3.56. The Balaban J connectivity index is 1.58. The van der Waals surface area contributed by atoms with Crippen LogP contribution in [0.1, 0.15) is 29.9 Å². The van der Waals surface area contributed by atoms with Gasteiger partial charge >= 0.3 is 6.09 Å². The molecule has 0 bridgehead atoms. The van der Waals surface area contributed by atoms with Crippen LogP contribution in [0.15, 0.2) is 67.1 Å². The molecule has 1 N–H and O–H groups in total. The Morgan fingerprint density at radius 1 is 1.06 bits per heavy atom. The number of carbonyl (C=O) groups excluding carboxylic acids is 2. The number of nitriles is 1. The van der Waals surface area contributed by atoms with Gasteiger partial charge in [-0.3, -0.25) is 14.5 Å². The first-order chi connectivity index (χ1) is 16.4. The molecule has 0 aliphatic carbocycles. The Bertz CT molecular complexity index is 1390. The lowest BCUT2D eigenvalue weighted by molar-refractivity contribution is 0.0987. The maximum Gasteiger partial charge on any atom is 0.411 e. The molecule has 4 rings (SSSR count). The molecule has 0 saturated heterocycles. The molecule has 0 aliphatic heterocycles. The number of benzene rings is 2. The summed E-state index contributed by atoms with van der Waals surface area (Å²) in [4.78, 5) is 35.0. The van der Waals surface area contributed by atoms with Crippen molar-refractivity contribution in [3.05, 3.63) is 78.4 Å². The molecule has 9 nitrogen and oxygen atoms in total. The molecule has 0 fully saturated rings. The molecule has 0 radical (unpaired) electrons. The number of ether oxygens (including phenoxy) is 1. The Morgan fingerprint density at radius 2 is 1.76 bits per heavy atom. The summed E-state index contributed by atoms with van der Waals surface area (Å²) in [5.74, 6) is -0.297. The first-order valence-electron chi connectivity index (χ1n) is 10.5. The van der Waals surface area contributed by atoms with Gasteiger partial charge in [-0.2, -0.15) is 5.26 Å². The van der Waals surface area contributed by atoms with E-state index in [1.165, 1.54) is 4.90 Å². The van der Waals surface area contributed by atoms with Crippen molar-refractivity contribution in [3.63, 3.8) is 0 Å². The summed E-state index contributed by atoms with van der Waals surface area (Å²) >= 11 is 0. The van der Waals surface area contributed by atoms with Crippen LogP contribution in [0.3, 0.4) is 0 Å². The zero-order valence-electron chi connectivity index (χ0n) is 18.9. The van der Waals surface area contributed by atoms with Crippen molar-refractivity contribution in [1.29, 1.82) is 5.26 Å². The number of aromatic nitrogens is 3. The largest absolute Gasteiger partial charge is 0.447 e. The molecule has 2 aromatic carbocycles. The van der Waals surface area contributed by atoms with Crippen LogP contribution in [-0.4, -0.2) is 39.5 Å². The second kappa shape index (κ2) is 9.42. The number of imidazole rings is 1. The lowest BCUT2D eigenvalue weighted by Gasteiger charge is -2.17. The number of hydrogen-bond acceptors (Lipinski definition) is 6. The molecule has 9 heteroatoms. The predicted octanol–water partition coefficient (Wildman–Crippen LogP) is 4.50. The van der Waals surface area contributed by atoms with E-state index in [9.17, 15) is 9.59 Å². The number of carbonyl (C=O) groups is 2. The third-order valence-electron chi connectivity index (χ3n) is 5.07. The lowest BCUT2D eigenvalue weighted by Crippen LogP contribution is -2.27. The highest BCUT2D eigenvalue weighted by atomic mass is 16.6. The summed E-state index contributed by atoms with van der Waals surface area (Å²) in [6, 6.07) is 16.0. The maximum atomic E-state index is 13.0. The second-order valence-electron chi connectivity index (χ2n) is 7.82. The van der Waals surface area contributed by atoms with Crippen molar-refractivity contribution in [2.45, 2.75) is 20.0 Å². The summed E-state index contributed by atoms with van der Waals surface area (Å²) in [7, 11) is 1.65. The van der Waals surface area contributed by atoms with Gasteiger partial charge in [-0.15, -0.1) is 0 Å². The molecule has 0 atom stereocenters. The van der Waals surface area contributed by atoms with Gasteiger partial charge in [-0.25, -0.2) is 14.8 Å². The Kier molecular flexibility index (Phi) is 6.23. The van der Waals surface area contributed by atoms with Gasteiger partial charge in [-0.1, -0.05) is 12.1 Å². The van der Waals surface area contributed by atoms with E-state index in [1.807, 2.05) is 12.1 Å². The average molecular weight is 454 g/mol. The lowest BCUT2D eigenvalue weighted by atomic mass is 10.1. The van der Waals surface area contributed by atoms with E-state index in [2.05, 4.69) is 21.4 Å². The van der Waals surface area contributed by atoms with Crippen LogP contribution in [0.2, 0.25) is 0 Å². The molecule has 4 aromatic rings. The van der Waals surface area contributed by atoms with Crippen molar-refractivity contribution < 1.29 is 14.3 Å². The van der Waals surface area contributed by atoms with E-state index in [0.717, 1.165) is 11.3 Å². The second-order valence-corrected chi connectivity index (χ2v) is 7.82. The number of rotatable bonds is 5. The topological polar surface area (TPSA) is 113 Å². The smallest absolute Gasteiger partial charge is 0.411 e. The molecule has 170 valence electrons. The molecule has 2 heterocycles. The molecule has 2 aromatic heterocycles. The molecule has 0 spiro atoms. The van der Waals surface area contributed by atoms with Gasteiger partial charge in [0, 0.05) is 30.2 Å². The summed E-state index contributed by atoms with van der Waals surface area (Å²) in [6.07, 6.45) is 4.16. The molecule has 34 heavy (non-hydrogen) atoms. The van der Waals surface area contributed by atoms with E-state index in [-0.39, 0.29) is 17.7 Å². The Hall–Kier alpha value is -4.71. The number of nitrogens with zero attached hydrogens (tertiary/aromatic N) is 5. The van der Waals surface area contributed by atoms with Gasteiger partial charge in [0.1, 0.15) is 5.69 Å². The van der Waals surface area contributed by atoms with Crippen molar-refractivity contribution >= 4 is 29.0 Å². The number of nitrogens with one attached hydrogen (secondary N) is 1. The van der Waals surface area contributed by atoms with E-state index in [1.54, 1.807) is 80.3 Å². The number of anilines is 2. The first-order valence-corrected chi connectivity index (χ1v) is 10.5. The van der Waals surface area contributed by atoms with Gasteiger partial charge in [0.25, 0.3) is 5.91 Å². The Morgan fingerprint density at radius 3 is 2.41 bits per heavy atom. The number of hydrogen-bond donors (Lipinski definition) is 1. The normalized spacial score (nSPS) is 10.7. The van der Waals surface area contributed by atoms with Crippen molar-refractivity contribution in [2.24, 2.45) is 0 Å². The molecular formula is C25H22N6O3. The zero-order valence-corrected chi connectivity index (χ0v) is 18.9. The average Bonchev–Trinajstić information content (AvgIpc) is 3.26. The van der Waals surface area contributed by atoms with E-state index in [4.69, 9.17) is 10.00 Å². The maximum absolute atomic E-state index is 13.0. The summed E-state index contributed by atoms with van der Waals surface area (Å²) < 4.78 is 6.89. The molecule has 0 saturated carbocycles. The van der Waals surface area contributed by atoms with Gasteiger partial charge in [0.05, 0.1) is 35.8 Å². The highest BCUT2D eigenvalue weighted by Gasteiger charge is 2.17. The van der Waals surface area contributed by atoms with Crippen molar-refractivity contribution in [3.8, 4) is 17.3 Å². The third-order valence-corrected chi connectivity index (χ3v) is 5.07. The molecule has 2 amide bonds. The molecule has 0 unspecified atom stereocenters. The van der Waals surface area contributed by atoms with Crippen LogP contribution in [0, 0.1) is 11.3 Å². The number of fused-ring (bicyclic) bond motifs is 1. The predicted molar refractivity (Wildman–Crippen MR) is 128 cm³/mol. The SMILES string of the molecule is CC(C)OC(=O)Nc1ccc(-c2cnc3cnc(C(=O)N(C)c4ccc(C#N)cc4)cn23)cc1. The fraction of sp³-hybridized carbons (Fsp3) is 0.160. The summed E-state index contributed by atoms with van der Waals surface area (Å²) in [5, 5.41) is 11.6. The number of amides is 2. The van der Waals surface area contributed by atoms with Crippen LogP contribution >= 0.6 is 0 Å². The minimum atomic E-state index is -0.516.